The van der Waals surface area contributed by atoms with E-state index in [-0.39, 0.29) is 11.7 Å². The third-order valence-corrected chi connectivity index (χ3v) is 5.87. The Bertz CT molecular complexity index is 938. The lowest BCUT2D eigenvalue weighted by atomic mass is 9.92. The summed E-state index contributed by atoms with van der Waals surface area (Å²) in [5.74, 6) is 0.168. The maximum atomic E-state index is 13.1. The monoisotopic (exact) mass is 410 g/mol. The van der Waals surface area contributed by atoms with Crippen molar-refractivity contribution in [1.29, 1.82) is 0 Å². The van der Waals surface area contributed by atoms with E-state index in [1.807, 2.05) is 11.4 Å². The molecule has 3 aromatic rings. The first-order valence-corrected chi connectivity index (χ1v) is 10.7. The Morgan fingerprint density at radius 3 is 2.69 bits per heavy atom. The van der Waals surface area contributed by atoms with Gasteiger partial charge in [-0.1, -0.05) is 18.2 Å². The normalized spacial score (nSPS) is 15.3. The van der Waals surface area contributed by atoms with Crippen molar-refractivity contribution in [3.8, 4) is 0 Å². The number of anilines is 1. The van der Waals surface area contributed by atoms with Gasteiger partial charge in [-0.25, -0.2) is 9.37 Å². The molecule has 1 saturated heterocycles. The summed E-state index contributed by atoms with van der Waals surface area (Å²) in [6.45, 7) is 2.14. The van der Waals surface area contributed by atoms with Crippen molar-refractivity contribution < 1.29 is 9.18 Å². The van der Waals surface area contributed by atoms with Gasteiger partial charge in [-0.15, -0.1) is 11.3 Å². The number of hydrogen-bond donors (Lipinski definition) is 1. The van der Waals surface area contributed by atoms with Gasteiger partial charge in [-0.3, -0.25) is 14.7 Å². The fraction of sp³-hybridized carbons (Fsp3) is 0.318. The van der Waals surface area contributed by atoms with Crippen molar-refractivity contribution in [2.75, 3.05) is 25.0 Å². The Kier molecular flexibility index (Phi) is 6.27. The molecule has 1 fully saturated rings. The fourth-order valence-corrected chi connectivity index (χ4v) is 4.21. The average Bonchev–Trinajstić information content (AvgIpc) is 3.23. The number of pyridine rings is 1. The van der Waals surface area contributed by atoms with E-state index in [4.69, 9.17) is 4.98 Å². The number of amides is 1. The van der Waals surface area contributed by atoms with E-state index in [0.29, 0.717) is 24.0 Å². The molecule has 3 heterocycles. The van der Waals surface area contributed by atoms with Crippen LogP contribution in [0.4, 0.5) is 9.52 Å². The predicted molar refractivity (Wildman–Crippen MR) is 113 cm³/mol. The van der Waals surface area contributed by atoms with Gasteiger partial charge < -0.3 is 5.32 Å². The molecule has 1 aliphatic rings. The zero-order valence-electron chi connectivity index (χ0n) is 16.1. The summed E-state index contributed by atoms with van der Waals surface area (Å²) in [4.78, 5) is 23.3. The molecule has 4 rings (SSSR count). The van der Waals surface area contributed by atoms with Gasteiger partial charge >= 0.3 is 0 Å². The van der Waals surface area contributed by atoms with Crippen molar-refractivity contribution in [2.45, 2.75) is 25.2 Å². The number of likely N-dealkylation sites (tertiary alicyclic amines) is 1. The topological polar surface area (TPSA) is 58.1 Å². The molecule has 1 amide bonds. The van der Waals surface area contributed by atoms with Gasteiger partial charge in [0.15, 0.2) is 5.13 Å². The highest BCUT2D eigenvalue weighted by Gasteiger charge is 2.23. The maximum absolute atomic E-state index is 13.1. The number of thiazole rings is 1. The standard InChI is InChI=1S/C22H23FN4OS/c23-18-6-4-16(5-7-18)14-19-2-1-3-20(25-19)17-8-11-27(12-9-17)15-21(28)26-22-24-10-13-29-22/h1-7,10,13,17H,8-9,11-12,14-15H2,(H,24,26,28). The highest BCUT2D eigenvalue weighted by atomic mass is 32.1. The first-order chi connectivity index (χ1) is 14.2. The lowest BCUT2D eigenvalue weighted by molar-refractivity contribution is -0.117. The zero-order chi connectivity index (χ0) is 20.1. The molecule has 1 N–H and O–H groups in total. The van der Waals surface area contributed by atoms with Crippen LogP contribution in [-0.2, 0) is 11.2 Å². The number of nitrogens with zero attached hydrogens (tertiary/aromatic N) is 3. The van der Waals surface area contributed by atoms with E-state index in [1.165, 1.54) is 23.5 Å². The molecule has 1 aromatic carbocycles. The Morgan fingerprint density at radius 2 is 1.97 bits per heavy atom. The highest BCUT2D eigenvalue weighted by Crippen LogP contribution is 2.27. The Morgan fingerprint density at radius 1 is 1.17 bits per heavy atom. The first kappa shape index (κ1) is 19.7. The van der Waals surface area contributed by atoms with E-state index in [1.54, 1.807) is 18.3 Å². The third-order valence-electron chi connectivity index (χ3n) is 5.18. The van der Waals surface area contributed by atoms with Crippen LogP contribution in [0.25, 0.3) is 0 Å². The van der Waals surface area contributed by atoms with Crippen molar-refractivity contribution >= 4 is 22.4 Å². The minimum Gasteiger partial charge on any atom is -0.301 e. The zero-order valence-corrected chi connectivity index (χ0v) is 16.9. The van der Waals surface area contributed by atoms with Gasteiger partial charge in [0.05, 0.1) is 6.54 Å². The highest BCUT2D eigenvalue weighted by molar-refractivity contribution is 7.13. The molecular weight excluding hydrogens is 387 g/mol. The summed E-state index contributed by atoms with van der Waals surface area (Å²) >= 11 is 1.43. The number of carbonyl (C=O) groups excluding carboxylic acids is 1. The summed E-state index contributed by atoms with van der Waals surface area (Å²) in [7, 11) is 0. The summed E-state index contributed by atoms with van der Waals surface area (Å²) in [5.41, 5.74) is 3.16. The molecule has 0 aliphatic carbocycles. The van der Waals surface area contributed by atoms with E-state index < -0.39 is 0 Å². The van der Waals surface area contributed by atoms with Crippen LogP contribution >= 0.6 is 11.3 Å². The number of rotatable bonds is 6. The number of halogens is 1. The minimum absolute atomic E-state index is 0.0159. The van der Waals surface area contributed by atoms with Crippen LogP contribution in [0.3, 0.4) is 0 Å². The molecule has 0 bridgehead atoms. The van der Waals surface area contributed by atoms with Gasteiger partial charge in [0.2, 0.25) is 5.91 Å². The minimum atomic E-state index is -0.220. The van der Waals surface area contributed by atoms with Crippen LogP contribution in [0, 0.1) is 5.82 Å². The summed E-state index contributed by atoms with van der Waals surface area (Å²) in [6.07, 6.45) is 4.35. The second-order valence-electron chi connectivity index (χ2n) is 7.29. The average molecular weight is 411 g/mol. The summed E-state index contributed by atoms with van der Waals surface area (Å²) < 4.78 is 13.1. The number of carbonyl (C=O) groups is 1. The number of aromatic nitrogens is 2. The molecule has 0 unspecified atom stereocenters. The third kappa shape index (κ3) is 5.46. The largest absolute Gasteiger partial charge is 0.301 e. The van der Waals surface area contributed by atoms with Crippen LogP contribution in [0.1, 0.15) is 35.7 Å². The van der Waals surface area contributed by atoms with Crippen molar-refractivity contribution in [1.82, 2.24) is 14.9 Å². The molecule has 0 saturated carbocycles. The molecule has 150 valence electrons. The van der Waals surface area contributed by atoms with Crippen LogP contribution in [0.5, 0.6) is 0 Å². The quantitative estimate of drug-likeness (QED) is 0.665. The van der Waals surface area contributed by atoms with Gasteiger partial charge in [-0.2, -0.15) is 0 Å². The van der Waals surface area contributed by atoms with Gasteiger partial charge in [0.1, 0.15) is 5.82 Å². The van der Waals surface area contributed by atoms with Crippen molar-refractivity contribution in [3.05, 3.63) is 76.8 Å². The molecular formula is C22H23FN4OS. The van der Waals surface area contributed by atoms with Gasteiger partial charge in [0, 0.05) is 35.3 Å². The van der Waals surface area contributed by atoms with E-state index in [9.17, 15) is 9.18 Å². The second kappa shape index (κ2) is 9.24. The molecule has 5 nitrogen and oxygen atoms in total. The van der Waals surface area contributed by atoms with E-state index in [0.717, 1.165) is 42.9 Å². The molecule has 7 heteroatoms. The Labute approximate surface area is 173 Å². The number of piperidine rings is 1. The maximum Gasteiger partial charge on any atom is 0.240 e. The van der Waals surface area contributed by atoms with Crippen molar-refractivity contribution in [3.63, 3.8) is 0 Å². The molecule has 0 radical (unpaired) electrons. The lowest BCUT2D eigenvalue weighted by Gasteiger charge is -2.31. The van der Waals surface area contributed by atoms with Crippen LogP contribution in [-0.4, -0.2) is 40.4 Å². The molecule has 2 aromatic heterocycles. The molecule has 0 spiro atoms. The Hall–Kier alpha value is -2.64. The molecule has 29 heavy (non-hydrogen) atoms. The van der Waals surface area contributed by atoms with Gasteiger partial charge in [0.25, 0.3) is 0 Å². The number of benzene rings is 1. The first-order valence-electron chi connectivity index (χ1n) is 9.78. The summed E-state index contributed by atoms with van der Waals surface area (Å²) in [6, 6.07) is 12.7. The fourth-order valence-electron chi connectivity index (χ4n) is 3.67. The lowest BCUT2D eigenvalue weighted by Crippen LogP contribution is -2.38. The van der Waals surface area contributed by atoms with E-state index in [2.05, 4.69) is 27.3 Å². The summed E-state index contributed by atoms with van der Waals surface area (Å²) in [5, 5.41) is 5.33. The molecule has 1 aliphatic heterocycles. The predicted octanol–water partition coefficient (Wildman–Crippen LogP) is 4.09. The van der Waals surface area contributed by atoms with Crippen LogP contribution in [0.2, 0.25) is 0 Å². The van der Waals surface area contributed by atoms with Crippen LogP contribution in [0.15, 0.2) is 54.0 Å². The van der Waals surface area contributed by atoms with Crippen LogP contribution < -0.4 is 5.32 Å². The second-order valence-corrected chi connectivity index (χ2v) is 8.19. The Balaban J connectivity index is 1.30. The van der Waals surface area contributed by atoms with Gasteiger partial charge in [-0.05, 0) is 55.8 Å². The smallest absolute Gasteiger partial charge is 0.240 e. The number of nitrogens with one attached hydrogen (secondary N) is 1. The van der Waals surface area contributed by atoms with E-state index >= 15 is 0 Å². The number of hydrogen-bond acceptors (Lipinski definition) is 5. The SMILES string of the molecule is O=C(CN1CCC(c2cccc(Cc3ccc(F)cc3)n2)CC1)Nc1nccs1. The van der Waals surface area contributed by atoms with Crippen molar-refractivity contribution in [2.24, 2.45) is 0 Å². The molecule has 0 atom stereocenters.